The maximum Gasteiger partial charge on any atom is 0.265 e. The number of hydrogen-bond acceptors (Lipinski definition) is 8. The number of carbonyl (C=O) groups excluding carboxylic acids is 2. The van der Waals surface area contributed by atoms with E-state index in [1.54, 1.807) is 12.1 Å². The van der Waals surface area contributed by atoms with Crippen LogP contribution in [0.1, 0.15) is 20.9 Å². The number of nitrogens with zero attached hydrogens (tertiary/aromatic N) is 3. The largest absolute Gasteiger partial charge is 0.352 e. The van der Waals surface area contributed by atoms with Crippen molar-refractivity contribution in [1.29, 1.82) is 0 Å². The number of ketones is 2. The van der Waals surface area contributed by atoms with Gasteiger partial charge >= 0.3 is 0 Å². The van der Waals surface area contributed by atoms with Gasteiger partial charge in [-0.2, -0.15) is 0 Å². The van der Waals surface area contributed by atoms with Crippen LogP contribution in [0.4, 0.5) is 0 Å². The molecule has 2 unspecified atom stereocenters. The van der Waals surface area contributed by atoms with Crippen molar-refractivity contribution in [3.63, 3.8) is 0 Å². The van der Waals surface area contributed by atoms with Crippen LogP contribution in [0.25, 0.3) is 11.3 Å². The van der Waals surface area contributed by atoms with Crippen molar-refractivity contribution < 1.29 is 19.0 Å². The number of hydrogen-bond donors (Lipinski definition) is 0. The fourth-order valence-electron chi connectivity index (χ4n) is 2.77. The minimum atomic E-state index is -1.12. The number of aromatic nitrogens is 2. The van der Waals surface area contributed by atoms with Gasteiger partial charge in [0.15, 0.2) is 5.78 Å². The summed E-state index contributed by atoms with van der Waals surface area (Å²) >= 11 is 0.990. The number of Topliss-reactive ketones (excluding diaryl/α,β-unsaturated/α-hetero) is 2. The summed E-state index contributed by atoms with van der Waals surface area (Å²) in [4.78, 5) is 39.6. The van der Waals surface area contributed by atoms with Gasteiger partial charge in [0.25, 0.3) is 5.70 Å². The van der Waals surface area contributed by atoms with E-state index < -0.39 is 21.9 Å². The zero-order valence-electron chi connectivity index (χ0n) is 11.3. The van der Waals surface area contributed by atoms with Crippen LogP contribution in [0.2, 0.25) is 0 Å². The molecule has 0 N–H and O–H groups in total. The number of allylic oxidation sites excluding steroid dienone is 1. The highest BCUT2D eigenvalue weighted by atomic mass is 32.2. The lowest BCUT2D eigenvalue weighted by atomic mass is 9.82. The molecule has 0 saturated heterocycles. The summed E-state index contributed by atoms with van der Waals surface area (Å²) in [7, 11) is 0. The van der Waals surface area contributed by atoms with E-state index in [-0.39, 0.29) is 28.5 Å². The molecule has 3 heterocycles. The summed E-state index contributed by atoms with van der Waals surface area (Å²) in [5, 5.41) is 15.3. The Morgan fingerprint density at radius 3 is 2.65 bits per heavy atom. The smallest absolute Gasteiger partial charge is 0.265 e. The van der Waals surface area contributed by atoms with Crippen LogP contribution in [0.15, 0.2) is 40.2 Å². The first kappa shape index (κ1) is 13.8. The molecule has 114 valence electrons. The molecule has 2 aromatic rings. The quantitative estimate of drug-likeness (QED) is 0.606. The molecule has 23 heavy (non-hydrogen) atoms. The van der Waals surface area contributed by atoms with Gasteiger partial charge < -0.3 is 4.52 Å². The van der Waals surface area contributed by atoms with Crippen molar-refractivity contribution in [2.45, 2.75) is 5.25 Å². The number of thioether (sulfide) groups is 1. The van der Waals surface area contributed by atoms with E-state index in [1.165, 1.54) is 17.8 Å². The fraction of sp³-hybridized carbons (Fsp3) is 0.143. The van der Waals surface area contributed by atoms with Crippen molar-refractivity contribution >= 4 is 23.3 Å². The maximum absolute atomic E-state index is 12.7. The van der Waals surface area contributed by atoms with Gasteiger partial charge in [0.2, 0.25) is 11.5 Å². The summed E-state index contributed by atoms with van der Waals surface area (Å²) in [5.74, 6) is -2.28. The van der Waals surface area contributed by atoms with Crippen LogP contribution in [0.5, 0.6) is 0 Å². The molecule has 4 rings (SSSR count). The third-order valence-electron chi connectivity index (χ3n) is 3.82. The first-order valence-corrected chi connectivity index (χ1v) is 7.52. The van der Waals surface area contributed by atoms with E-state index in [0.717, 1.165) is 11.8 Å². The van der Waals surface area contributed by atoms with Crippen molar-refractivity contribution in [3.8, 4) is 11.3 Å². The topological polar surface area (TPSA) is 116 Å². The Kier molecular flexibility index (Phi) is 2.91. The van der Waals surface area contributed by atoms with E-state index >= 15 is 0 Å². The van der Waals surface area contributed by atoms with Gasteiger partial charge in [0, 0.05) is 23.4 Å². The highest BCUT2D eigenvalue weighted by Crippen LogP contribution is 2.45. The highest BCUT2D eigenvalue weighted by molar-refractivity contribution is 8.03. The lowest BCUT2D eigenvalue weighted by Gasteiger charge is -2.20. The molecule has 2 aliphatic rings. The van der Waals surface area contributed by atoms with Gasteiger partial charge in [-0.05, 0) is 12.1 Å². The minimum Gasteiger partial charge on any atom is -0.352 e. The van der Waals surface area contributed by atoms with Crippen LogP contribution < -0.4 is 0 Å². The molecule has 2 atom stereocenters. The van der Waals surface area contributed by atoms with Crippen LogP contribution >= 0.6 is 11.8 Å². The Hall–Kier alpha value is -2.81. The molecule has 0 amide bonds. The molecule has 0 bridgehead atoms. The zero-order valence-corrected chi connectivity index (χ0v) is 12.1. The van der Waals surface area contributed by atoms with Gasteiger partial charge in [-0.15, -0.1) is 11.8 Å². The Balaban J connectivity index is 1.86. The second-order valence-electron chi connectivity index (χ2n) is 5.03. The van der Waals surface area contributed by atoms with Crippen LogP contribution in [-0.2, 0) is 0 Å². The molecule has 9 heteroatoms. The molecule has 0 fully saturated rings. The lowest BCUT2D eigenvalue weighted by molar-refractivity contribution is -0.430. The van der Waals surface area contributed by atoms with Gasteiger partial charge in [0.05, 0.1) is 15.7 Å². The number of nitro groups is 1. The van der Waals surface area contributed by atoms with Gasteiger partial charge in [0.1, 0.15) is 11.6 Å². The number of carbonyl (C=O) groups is 2. The monoisotopic (exact) mass is 329 g/mol. The summed E-state index contributed by atoms with van der Waals surface area (Å²) in [5.41, 5.74) is 0.670. The van der Waals surface area contributed by atoms with Gasteiger partial charge in [-0.25, -0.2) is 0 Å². The fourth-order valence-corrected chi connectivity index (χ4v) is 3.95. The number of rotatable bonds is 2. The third-order valence-corrected chi connectivity index (χ3v) is 4.98. The molecule has 1 aliphatic carbocycles. The van der Waals surface area contributed by atoms with Crippen LogP contribution in [-0.4, -0.2) is 31.9 Å². The summed E-state index contributed by atoms with van der Waals surface area (Å²) < 4.78 is 5.06. The van der Waals surface area contributed by atoms with E-state index in [4.69, 9.17) is 4.52 Å². The van der Waals surface area contributed by atoms with Gasteiger partial charge in [-0.3, -0.25) is 24.7 Å². The maximum atomic E-state index is 12.7. The van der Waals surface area contributed by atoms with E-state index in [1.807, 2.05) is 0 Å². The standard InChI is InChI=1S/C14H7N3O5S/c18-11-8-7(17(20)21)5-23-14(8)12(19)9-10(16-22-13(9)11)6-1-3-15-4-2-6/h1-5,8,14H. The SMILES string of the molecule is O=C1c2c(-c3ccncc3)noc2C(=O)C2C([N+](=O)[O-])=CSC12. The molecule has 2 aromatic heterocycles. The van der Waals surface area contributed by atoms with E-state index in [9.17, 15) is 19.7 Å². The van der Waals surface area contributed by atoms with Crippen molar-refractivity contribution in [2.75, 3.05) is 0 Å². The van der Waals surface area contributed by atoms with Crippen molar-refractivity contribution in [2.24, 2.45) is 5.92 Å². The Bertz CT molecular complexity index is 889. The second kappa shape index (κ2) is 4.85. The Labute approximate surface area is 132 Å². The number of fused-ring (bicyclic) bond motifs is 2. The van der Waals surface area contributed by atoms with Crippen molar-refractivity contribution in [1.82, 2.24) is 10.1 Å². The average molecular weight is 329 g/mol. The first-order chi connectivity index (χ1) is 11.1. The third kappa shape index (κ3) is 1.86. The zero-order chi connectivity index (χ0) is 16.1. The van der Waals surface area contributed by atoms with E-state index in [0.29, 0.717) is 5.56 Å². The van der Waals surface area contributed by atoms with Crippen LogP contribution in [0, 0.1) is 16.0 Å². The predicted molar refractivity (Wildman–Crippen MR) is 78.3 cm³/mol. The Morgan fingerprint density at radius 1 is 1.22 bits per heavy atom. The molecular weight excluding hydrogens is 322 g/mol. The van der Waals surface area contributed by atoms with Crippen LogP contribution in [0.3, 0.4) is 0 Å². The summed E-state index contributed by atoms with van der Waals surface area (Å²) in [6.45, 7) is 0. The molecule has 0 spiro atoms. The molecule has 0 saturated carbocycles. The average Bonchev–Trinajstić information content (AvgIpc) is 3.18. The molecule has 8 nitrogen and oxygen atoms in total. The Morgan fingerprint density at radius 2 is 1.96 bits per heavy atom. The predicted octanol–water partition coefficient (Wildman–Crippen LogP) is 1.97. The minimum absolute atomic E-state index is 0.0907. The molecular formula is C14H7N3O5S. The molecule has 1 aliphatic heterocycles. The molecule has 0 aromatic carbocycles. The molecule has 0 radical (unpaired) electrons. The highest BCUT2D eigenvalue weighted by Gasteiger charge is 2.54. The normalized spacial score (nSPS) is 22.5. The second-order valence-corrected chi connectivity index (χ2v) is 6.05. The first-order valence-electron chi connectivity index (χ1n) is 6.58. The number of pyridine rings is 1. The summed E-state index contributed by atoms with van der Waals surface area (Å²) in [6, 6.07) is 3.29. The summed E-state index contributed by atoms with van der Waals surface area (Å²) in [6.07, 6.45) is 3.07. The van der Waals surface area contributed by atoms with E-state index in [2.05, 4.69) is 10.1 Å². The van der Waals surface area contributed by atoms with Crippen molar-refractivity contribution in [3.05, 3.63) is 57.1 Å². The van der Waals surface area contributed by atoms with Gasteiger partial charge in [-0.1, -0.05) is 5.16 Å². The lowest BCUT2D eigenvalue weighted by Crippen LogP contribution is -2.38.